The monoisotopic (exact) mass is 423 g/mol. The first kappa shape index (κ1) is 19.4. The molecule has 2 N–H and O–H groups in total. The Balaban J connectivity index is 1.71. The van der Waals surface area contributed by atoms with Gasteiger partial charge in [-0.2, -0.15) is 11.3 Å². The molecule has 4 heterocycles. The summed E-state index contributed by atoms with van der Waals surface area (Å²) in [7, 11) is 0. The summed E-state index contributed by atoms with van der Waals surface area (Å²) in [6.07, 6.45) is 2.40. The molecule has 0 saturated carbocycles. The third-order valence-electron chi connectivity index (χ3n) is 4.50. The first-order chi connectivity index (χ1) is 14.1. The first-order valence-corrected chi connectivity index (χ1v) is 11.1. The summed E-state index contributed by atoms with van der Waals surface area (Å²) >= 11 is 3.24. The second kappa shape index (κ2) is 8.63. The van der Waals surface area contributed by atoms with E-state index in [0.29, 0.717) is 5.76 Å². The SMILES string of the molecule is CCc1cc([C@@H](Nc2cccc(C)n2)c2ccsc2)c(NC(=O)c2ccco2)s1. The number of anilines is 2. The van der Waals surface area contributed by atoms with E-state index in [1.165, 1.54) is 11.1 Å². The lowest BCUT2D eigenvalue weighted by molar-refractivity contribution is 0.0997. The Morgan fingerprint density at radius 3 is 2.83 bits per heavy atom. The molecule has 4 rings (SSSR count). The fraction of sp³-hybridized carbons (Fsp3) is 0.182. The van der Waals surface area contributed by atoms with E-state index in [4.69, 9.17) is 4.42 Å². The third-order valence-corrected chi connectivity index (χ3v) is 6.41. The molecular weight excluding hydrogens is 402 g/mol. The number of carbonyl (C=O) groups excluding carboxylic acids is 1. The predicted octanol–water partition coefficient (Wildman–Crippen LogP) is 6.12. The van der Waals surface area contributed by atoms with Crippen molar-refractivity contribution in [2.45, 2.75) is 26.3 Å². The molecule has 0 bridgehead atoms. The van der Waals surface area contributed by atoms with Crippen molar-refractivity contribution in [2.24, 2.45) is 0 Å². The summed E-state index contributed by atoms with van der Waals surface area (Å²) in [5.74, 6) is 0.843. The van der Waals surface area contributed by atoms with E-state index < -0.39 is 0 Å². The highest BCUT2D eigenvalue weighted by atomic mass is 32.1. The summed E-state index contributed by atoms with van der Waals surface area (Å²) < 4.78 is 5.25. The Morgan fingerprint density at radius 2 is 2.14 bits per heavy atom. The summed E-state index contributed by atoms with van der Waals surface area (Å²) in [5.41, 5.74) is 3.10. The van der Waals surface area contributed by atoms with Crippen LogP contribution in [0.15, 0.2) is 63.9 Å². The summed E-state index contributed by atoms with van der Waals surface area (Å²) in [4.78, 5) is 18.4. The molecule has 7 heteroatoms. The average molecular weight is 424 g/mol. The van der Waals surface area contributed by atoms with Gasteiger partial charge in [0, 0.05) is 16.1 Å². The molecule has 0 unspecified atom stereocenters. The van der Waals surface area contributed by atoms with Gasteiger partial charge >= 0.3 is 0 Å². The van der Waals surface area contributed by atoms with Gasteiger partial charge in [-0.25, -0.2) is 4.98 Å². The van der Waals surface area contributed by atoms with Gasteiger partial charge in [0.15, 0.2) is 5.76 Å². The Bertz CT molecular complexity index is 1090. The molecule has 4 aromatic heterocycles. The Morgan fingerprint density at radius 1 is 1.24 bits per heavy atom. The largest absolute Gasteiger partial charge is 0.459 e. The first-order valence-electron chi connectivity index (χ1n) is 9.33. The van der Waals surface area contributed by atoms with Crippen molar-refractivity contribution < 1.29 is 9.21 Å². The Hall–Kier alpha value is -2.90. The second-order valence-electron chi connectivity index (χ2n) is 6.58. The zero-order chi connectivity index (χ0) is 20.2. The fourth-order valence-corrected chi connectivity index (χ4v) is 4.79. The molecule has 5 nitrogen and oxygen atoms in total. The smallest absolute Gasteiger partial charge is 0.291 e. The molecule has 0 saturated heterocycles. The van der Waals surface area contributed by atoms with E-state index in [0.717, 1.165) is 34.1 Å². The van der Waals surface area contributed by atoms with Gasteiger partial charge in [0.1, 0.15) is 10.8 Å². The Labute approximate surface area is 177 Å². The van der Waals surface area contributed by atoms with E-state index in [1.54, 1.807) is 34.8 Å². The zero-order valence-electron chi connectivity index (χ0n) is 16.1. The number of hydrogen-bond donors (Lipinski definition) is 2. The van der Waals surface area contributed by atoms with E-state index >= 15 is 0 Å². The van der Waals surface area contributed by atoms with Crippen molar-refractivity contribution in [3.63, 3.8) is 0 Å². The van der Waals surface area contributed by atoms with Gasteiger partial charge in [0.25, 0.3) is 5.91 Å². The highest BCUT2D eigenvalue weighted by Gasteiger charge is 2.23. The van der Waals surface area contributed by atoms with Crippen LogP contribution in [0.5, 0.6) is 0 Å². The van der Waals surface area contributed by atoms with Crippen molar-refractivity contribution in [3.8, 4) is 0 Å². The maximum Gasteiger partial charge on any atom is 0.291 e. The summed E-state index contributed by atoms with van der Waals surface area (Å²) in [6.45, 7) is 4.09. The molecule has 0 aliphatic carbocycles. The highest BCUT2D eigenvalue weighted by Crippen LogP contribution is 2.38. The van der Waals surface area contributed by atoms with Crippen LogP contribution in [0.4, 0.5) is 10.8 Å². The normalized spacial score (nSPS) is 11.9. The van der Waals surface area contributed by atoms with Crippen molar-refractivity contribution in [1.29, 1.82) is 0 Å². The fourth-order valence-electron chi connectivity index (χ4n) is 3.07. The van der Waals surface area contributed by atoms with Gasteiger partial charge in [0.2, 0.25) is 0 Å². The number of rotatable bonds is 7. The standard InChI is InChI=1S/C22H21N3O2S2/c1-3-16-12-17(22(29-16)25-21(26)18-7-5-10-27-18)20(15-9-11-28-13-15)24-19-8-4-6-14(2)23-19/h4-13,20H,3H2,1-2H3,(H,23,24)(H,25,26)/t20-/m0/s1. The minimum atomic E-state index is -0.251. The summed E-state index contributed by atoms with van der Waals surface area (Å²) in [6, 6.07) is 13.4. The minimum absolute atomic E-state index is 0.126. The van der Waals surface area contributed by atoms with Gasteiger partial charge in [-0.1, -0.05) is 13.0 Å². The minimum Gasteiger partial charge on any atom is -0.459 e. The predicted molar refractivity (Wildman–Crippen MR) is 119 cm³/mol. The molecule has 0 radical (unpaired) electrons. The van der Waals surface area contributed by atoms with Gasteiger partial charge < -0.3 is 15.1 Å². The van der Waals surface area contributed by atoms with Gasteiger partial charge in [-0.15, -0.1) is 11.3 Å². The highest BCUT2D eigenvalue weighted by molar-refractivity contribution is 7.16. The lowest BCUT2D eigenvalue weighted by atomic mass is 10.0. The van der Waals surface area contributed by atoms with E-state index in [1.807, 2.05) is 25.1 Å². The molecule has 148 valence electrons. The van der Waals surface area contributed by atoms with Crippen molar-refractivity contribution in [1.82, 2.24) is 4.98 Å². The van der Waals surface area contributed by atoms with Crippen molar-refractivity contribution in [2.75, 3.05) is 10.6 Å². The lowest BCUT2D eigenvalue weighted by Crippen LogP contribution is -2.16. The van der Waals surface area contributed by atoms with Crippen LogP contribution in [-0.4, -0.2) is 10.9 Å². The lowest BCUT2D eigenvalue weighted by Gasteiger charge is -2.20. The number of pyridine rings is 1. The molecule has 4 aromatic rings. The van der Waals surface area contributed by atoms with Gasteiger partial charge in [0.05, 0.1) is 12.3 Å². The number of aromatic nitrogens is 1. The molecule has 0 aliphatic rings. The number of thiophene rings is 2. The summed E-state index contributed by atoms with van der Waals surface area (Å²) in [5, 5.41) is 11.6. The van der Waals surface area contributed by atoms with Crippen LogP contribution >= 0.6 is 22.7 Å². The molecule has 0 fully saturated rings. The third kappa shape index (κ3) is 4.41. The number of nitrogens with zero attached hydrogens (tertiary/aromatic N) is 1. The quantitative estimate of drug-likeness (QED) is 0.376. The molecular formula is C22H21N3O2S2. The van der Waals surface area contributed by atoms with Crippen LogP contribution in [0, 0.1) is 6.92 Å². The number of furan rings is 1. The maximum atomic E-state index is 12.6. The molecule has 29 heavy (non-hydrogen) atoms. The van der Waals surface area contributed by atoms with Crippen LogP contribution < -0.4 is 10.6 Å². The average Bonchev–Trinajstić information content (AvgIpc) is 3.47. The molecule has 1 atom stereocenters. The molecule has 0 aromatic carbocycles. The van der Waals surface area contributed by atoms with Crippen LogP contribution in [-0.2, 0) is 6.42 Å². The molecule has 0 spiro atoms. The molecule has 0 aliphatic heterocycles. The van der Waals surface area contributed by atoms with Crippen LogP contribution in [0.2, 0.25) is 0 Å². The van der Waals surface area contributed by atoms with Crippen LogP contribution in [0.25, 0.3) is 0 Å². The van der Waals surface area contributed by atoms with Crippen LogP contribution in [0.3, 0.4) is 0 Å². The maximum absolute atomic E-state index is 12.6. The van der Waals surface area contributed by atoms with E-state index in [2.05, 4.69) is 45.4 Å². The van der Waals surface area contributed by atoms with Gasteiger partial charge in [-0.05, 0) is 66.1 Å². The van der Waals surface area contributed by atoms with Crippen LogP contribution in [0.1, 0.15) is 45.2 Å². The van der Waals surface area contributed by atoms with Crippen molar-refractivity contribution >= 4 is 39.4 Å². The van der Waals surface area contributed by atoms with E-state index in [9.17, 15) is 4.79 Å². The van der Waals surface area contributed by atoms with Crippen molar-refractivity contribution in [3.05, 3.63) is 86.9 Å². The number of nitrogens with one attached hydrogen (secondary N) is 2. The van der Waals surface area contributed by atoms with Gasteiger partial charge in [-0.3, -0.25) is 4.79 Å². The molecule has 1 amide bonds. The Kier molecular flexibility index (Phi) is 5.78. The number of aryl methyl sites for hydroxylation is 2. The number of amides is 1. The van der Waals surface area contributed by atoms with E-state index in [-0.39, 0.29) is 11.9 Å². The zero-order valence-corrected chi connectivity index (χ0v) is 17.8. The topological polar surface area (TPSA) is 67.2 Å². The second-order valence-corrected chi connectivity index (χ2v) is 8.50. The number of hydrogen-bond acceptors (Lipinski definition) is 6. The number of carbonyl (C=O) groups is 1.